The first-order valence-electron chi connectivity index (χ1n) is 12.4. The van der Waals surface area contributed by atoms with Gasteiger partial charge in [0, 0.05) is 11.5 Å². The number of rotatable bonds is 3. The summed E-state index contributed by atoms with van der Waals surface area (Å²) in [6, 6.07) is 31.3. The number of fused-ring (bicyclic) bond motifs is 3. The lowest BCUT2D eigenvalue weighted by atomic mass is 9.64. The molecule has 33 heavy (non-hydrogen) atoms. The van der Waals surface area contributed by atoms with Crippen molar-refractivity contribution < 1.29 is 4.74 Å². The molecule has 1 saturated carbocycles. The van der Waals surface area contributed by atoms with Crippen LogP contribution in [0.2, 0.25) is 0 Å². The van der Waals surface area contributed by atoms with Crippen LogP contribution in [0.4, 0.5) is 0 Å². The Morgan fingerprint density at radius 1 is 0.758 bits per heavy atom. The van der Waals surface area contributed by atoms with Gasteiger partial charge in [-0.25, -0.2) is 0 Å². The summed E-state index contributed by atoms with van der Waals surface area (Å²) in [5, 5.41) is 0. The summed E-state index contributed by atoms with van der Waals surface area (Å²) < 4.78 is 6.84. The molecule has 1 unspecified atom stereocenters. The molecule has 1 heterocycles. The Hall–Kier alpha value is -2.68. The Bertz CT molecular complexity index is 1170. The van der Waals surface area contributed by atoms with Gasteiger partial charge in [0.05, 0.1) is 12.2 Å². The minimum Gasteiger partial charge on any atom is -0.370 e. The maximum atomic E-state index is 6.84. The van der Waals surface area contributed by atoms with E-state index in [1.165, 1.54) is 22.3 Å². The molecule has 2 aliphatic carbocycles. The van der Waals surface area contributed by atoms with Crippen LogP contribution in [0, 0.1) is 0 Å². The van der Waals surface area contributed by atoms with Crippen molar-refractivity contribution in [2.45, 2.75) is 49.2 Å². The molecule has 1 spiro atoms. The first-order valence-corrected chi connectivity index (χ1v) is 12.4. The summed E-state index contributed by atoms with van der Waals surface area (Å²) >= 11 is 0. The van der Waals surface area contributed by atoms with Gasteiger partial charge in [-0.05, 0) is 79.6 Å². The highest BCUT2D eigenvalue weighted by Gasteiger charge is 2.53. The fraction of sp³-hybridized carbons (Fsp3) is 0.355. The zero-order valence-electron chi connectivity index (χ0n) is 19.8. The lowest BCUT2D eigenvalue weighted by Crippen LogP contribution is -2.52. The van der Waals surface area contributed by atoms with Crippen LogP contribution in [0.1, 0.15) is 60.3 Å². The molecule has 3 aliphatic rings. The maximum Gasteiger partial charge on any atom is 0.0908 e. The van der Waals surface area contributed by atoms with Crippen molar-refractivity contribution in [3.63, 3.8) is 0 Å². The zero-order valence-corrected chi connectivity index (χ0v) is 19.8. The highest BCUT2D eigenvalue weighted by atomic mass is 16.5. The van der Waals surface area contributed by atoms with Crippen LogP contribution in [0.15, 0.2) is 90.5 Å². The summed E-state index contributed by atoms with van der Waals surface area (Å²) in [4.78, 5) is 2.45. The lowest BCUT2D eigenvalue weighted by molar-refractivity contribution is -0.0792. The van der Waals surface area contributed by atoms with Crippen molar-refractivity contribution in [2.75, 3.05) is 20.7 Å². The number of nitrogens with zero attached hydrogens (tertiary/aromatic N) is 1. The predicted octanol–water partition coefficient (Wildman–Crippen LogP) is 6.78. The number of ether oxygens (including phenoxy) is 1. The van der Waals surface area contributed by atoms with E-state index in [1.54, 1.807) is 11.1 Å². The summed E-state index contributed by atoms with van der Waals surface area (Å²) in [6.07, 6.45) is 5.37. The topological polar surface area (TPSA) is 12.5 Å². The van der Waals surface area contributed by atoms with E-state index in [9.17, 15) is 0 Å². The third-order valence-corrected chi connectivity index (χ3v) is 8.62. The van der Waals surface area contributed by atoms with Crippen LogP contribution >= 0.6 is 0 Å². The molecule has 0 radical (unpaired) electrons. The zero-order chi connectivity index (χ0) is 22.5. The van der Waals surface area contributed by atoms with Crippen molar-refractivity contribution in [1.29, 1.82) is 0 Å². The third-order valence-electron chi connectivity index (χ3n) is 8.62. The van der Waals surface area contributed by atoms with Gasteiger partial charge in [0.1, 0.15) is 0 Å². The van der Waals surface area contributed by atoms with Crippen molar-refractivity contribution in [3.8, 4) is 0 Å². The van der Waals surface area contributed by atoms with Gasteiger partial charge in [-0.1, -0.05) is 84.9 Å². The molecule has 2 heteroatoms. The van der Waals surface area contributed by atoms with Gasteiger partial charge in [-0.2, -0.15) is 0 Å². The van der Waals surface area contributed by atoms with E-state index in [0.29, 0.717) is 5.92 Å². The van der Waals surface area contributed by atoms with Gasteiger partial charge in [0.25, 0.3) is 0 Å². The molecular formula is C31H33NO. The van der Waals surface area contributed by atoms with Crippen molar-refractivity contribution in [2.24, 2.45) is 0 Å². The molecule has 0 bridgehead atoms. The molecule has 3 aromatic carbocycles. The third kappa shape index (κ3) is 3.15. The highest BCUT2D eigenvalue weighted by molar-refractivity contribution is 5.82. The van der Waals surface area contributed by atoms with E-state index in [-0.39, 0.29) is 11.1 Å². The Morgan fingerprint density at radius 3 is 2.09 bits per heavy atom. The van der Waals surface area contributed by atoms with E-state index in [1.807, 2.05) is 0 Å². The standard InChI is InChI=1S/C31H33NO/c1-32(2)30(24-13-7-4-8-14-24)18-20-31(21-19-30)29-27(17-22-33-31)25-15-9-10-16-26(25)28(29)23-11-5-3-6-12-23/h3-16,28H,17-22H2,1-2H3. The lowest BCUT2D eigenvalue weighted by Gasteiger charge is -2.52. The van der Waals surface area contributed by atoms with E-state index in [0.717, 1.165) is 38.7 Å². The van der Waals surface area contributed by atoms with Crippen LogP contribution in [-0.2, 0) is 10.3 Å². The van der Waals surface area contributed by atoms with Gasteiger partial charge < -0.3 is 4.74 Å². The normalized spacial score (nSPS) is 28.8. The van der Waals surface area contributed by atoms with Crippen molar-refractivity contribution in [1.82, 2.24) is 4.90 Å². The van der Waals surface area contributed by atoms with Gasteiger partial charge in [0.2, 0.25) is 0 Å². The molecule has 0 N–H and O–H groups in total. The van der Waals surface area contributed by atoms with Gasteiger partial charge in [-0.3, -0.25) is 4.90 Å². The average molecular weight is 436 g/mol. The Morgan fingerprint density at radius 2 is 1.39 bits per heavy atom. The Balaban J connectivity index is 1.44. The van der Waals surface area contributed by atoms with Crippen LogP contribution in [-0.4, -0.2) is 31.2 Å². The molecule has 1 aliphatic heterocycles. The summed E-state index contributed by atoms with van der Waals surface area (Å²) in [5.41, 5.74) is 8.77. The molecular weight excluding hydrogens is 402 g/mol. The second kappa shape index (κ2) is 7.97. The predicted molar refractivity (Wildman–Crippen MR) is 135 cm³/mol. The smallest absolute Gasteiger partial charge is 0.0908 e. The highest BCUT2D eigenvalue weighted by Crippen LogP contribution is 2.59. The van der Waals surface area contributed by atoms with E-state index < -0.39 is 0 Å². The second-order valence-corrected chi connectivity index (χ2v) is 10.2. The minimum absolute atomic E-state index is 0.0712. The van der Waals surface area contributed by atoms with E-state index in [4.69, 9.17) is 4.74 Å². The Kier molecular flexibility index (Phi) is 5.05. The molecule has 1 atom stereocenters. The number of hydrogen-bond acceptors (Lipinski definition) is 2. The first kappa shape index (κ1) is 20.9. The summed E-state index contributed by atoms with van der Waals surface area (Å²) in [6.45, 7) is 0.828. The van der Waals surface area contributed by atoms with Gasteiger partial charge >= 0.3 is 0 Å². The molecule has 168 valence electrons. The number of hydrogen-bond donors (Lipinski definition) is 0. The molecule has 6 rings (SSSR count). The van der Waals surface area contributed by atoms with Gasteiger partial charge in [0.15, 0.2) is 0 Å². The summed E-state index contributed by atoms with van der Waals surface area (Å²) in [5.74, 6) is 0.307. The first-order chi connectivity index (χ1) is 16.1. The van der Waals surface area contributed by atoms with Crippen LogP contribution in [0.25, 0.3) is 5.57 Å². The van der Waals surface area contributed by atoms with Crippen molar-refractivity contribution >= 4 is 5.57 Å². The van der Waals surface area contributed by atoms with Crippen molar-refractivity contribution in [3.05, 3.63) is 113 Å². The molecule has 2 nitrogen and oxygen atoms in total. The van der Waals surface area contributed by atoms with Crippen LogP contribution < -0.4 is 0 Å². The van der Waals surface area contributed by atoms with Crippen LogP contribution in [0.5, 0.6) is 0 Å². The molecule has 0 amide bonds. The molecule has 0 aromatic heterocycles. The van der Waals surface area contributed by atoms with Crippen LogP contribution in [0.3, 0.4) is 0 Å². The van der Waals surface area contributed by atoms with E-state index >= 15 is 0 Å². The average Bonchev–Trinajstić information content (AvgIpc) is 3.22. The Labute approximate surface area is 197 Å². The molecule has 0 saturated heterocycles. The van der Waals surface area contributed by atoms with E-state index in [2.05, 4.69) is 104 Å². The maximum absolute atomic E-state index is 6.84. The largest absolute Gasteiger partial charge is 0.370 e. The minimum atomic E-state index is -0.165. The molecule has 3 aromatic rings. The number of benzene rings is 3. The summed E-state index contributed by atoms with van der Waals surface area (Å²) in [7, 11) is 4.49. The molecule has 1 fully saturated rings. The fourth-order valence-electron chi connectivity index (χ4n) is 6.95. The second-order valence-electron chi connectivity index (χ2n) is 10.2. The monoisotopic (exact) mass is 435 g/mol. The SMILES string of the molecule is CN(C)C1(c2ccccc2)CCC2(CC1)OCCC1=C2C(c2ccccc2)c2ccccc21. The quantitative estimate of drug-likeness (QED) is 0.450. The fourth-order valence-corrected chi connectivity index (χ4v) is 6.95. The van der Waals surface area contributed by atoms with Gasteiger partial charge in [-0.15, -0.1) is 0 Å².